The Labute approximate surface area is 155 Å². The summed E-state index contributed by atoms with van der Waals surface area (Å²) in [7, 11) is 0. The van der Waals surface area contributed by atoms with Crippen LogP contribution in [0.1, 0.15) is 44.2 Å². The molecule has 2 atom stereocenters. The van der Waals surface area contributed by atoms with Crippen LogP contribution in [0, 0.1) is 5.92 Å². The molecular formula is C22H29N3O. The summed E-state index contributed by atoms with van der Waals surface area (Å²) in [6.45, 7) is 7.02. The summed E-state index contributed by atoms with van der Waals surface area (Å²) in [4.78, 5) is 18.7. The Kier molecular flexibility index (Phi) is 4.86. The number of hydrogen-bond donors (Lipinski definition) is 2. The zero-order valence-electron chi connectivity index (χ0n) is 15.8. The average molecular weight is 351 g/mol. The largest absolute Gasteiger partial charge is 0.361 e. The lowest BCUT2D eigenvalue weighted by atomic mass is 9.79. The summed E-state index contributed by atoms with van der Waals surface area (Å²) < 4.78 is 0. The molecule has 2 N–H and O–H groups in total. The van der Waals surface area contributed by atoms with E-state index < -0.39 is 0 Å². The molecular weight excluding hydrogens is 322 g/mol. The molecule has 0 spiro atoms. The number of unbranched alkanes of at least 4 members (excludes halogenated alkanes) is 1. The predicted octanol–water partition coefficient (Wildman–Crippen LogP) is 3.73. The van der Waals surface area contributed by atoms with Gasteiger partial charge >= 0.3 is 0 Å². The van der Waals surface area contributed by atoms with E-state index in [1.165, 1.54) is 27.6 Å². The molecule has 1 amide bonds. The van der Waals surface area contributed by atoms with E-state index in [1.54, 1.807) is 0 Å². The highest BCUT2D eigenvalue weighted by Gasteiger charge is 2.36. The first-order valence-electron chi connectivity index (χ1n) is 10.1. The van der Waals surface area contributed by atoms with Gasteiger partial charge in [0, 0.05) is 36.2 Å². The van der Waals surface area contributed by atoms with Crippen LogP contribution in [0.5, 0.6) is 0 Å². The van der Waals surface area contributed by atoms with E-state index in [9.17, 15) is 4.79 Å². The highest BCUT2D eigenvalue weighted by Crippen LogP contribution is 2.41. The zero-order valence-corrected chi connectivity index (χ0v) is 15.8. The molecule has 1 aromatic heterocycles. The number of aromatic nitrogens is 1. The van der Waals surface area contributed by atoms with Gasteiger partial charge < -0.3 is 10.3 Å². The standard InChI is InChI=1S/C22H29N3O/c1-3-5-9-23-22(26)16-11-18-17-7-6-8-19-21(17)15(13-24-19)12-20(18)25(14-16)10-4-2/h6-8,11,13,16,20,24H,3-5,9-10,12,14H2,1-2H3,(H,23,26). The van der Waals surface area contributed by atoms with Crippen molar-refractivity contribution < 1.29 is 4.79 Å². The lowest BCUT2D eigenvalue weighted by Gasteiger charge is -2.41. The van der Waals surface area contributed by atoms with Crippen molar-refractivity contribution in [3.8, 4) is 0 Å². The van der Waals surface area contributed by atoms with Crippen LogP contribution in [0.2, 0.25) is 0 Å². The molecule has 4 nitrogen and oxygen atoms in total. The molecule has 4 rings (SSSR count). The zero-order chi connectivity index (χ0) is 18.1. The smallest absolute Gasteiger partial charge is 0.228 e. The Morgan fingerprint density at radius 1 is 1.31 bits per heavy atom. The van der Waals surface area contributed by atoms with Crippen LogP contribution in [0.4, 0.5) is 0 Å². The third-order valence-electron chi connectivity index (χ3n) is 5.80. The number of rotatable bonds is 6. The first-order chi connectivity index (χ1) is 12.7. The van der Waals surface area contributed by atoms with Gasteiger partial charge in [0.2, 0.25) is 5.91 Å². The van der Waals surface area contributed by atoms with Crippen LogP contribution < -0.4 is 5.32 Å². The molecule has 2 heterocycles. The van der Waals surface area contributed by atoms with E-state index in [1.807, 2.05) is 0 Å². The van der Waals surface area contributed by atoms with Crippen molar-refractivity contribution in [2.24, 2.45) is 5.92 Å². The maximum atomic E-state index is 12.7. The second-order valence-electron chi connectivity index (χ2n) is 7.63. The van der Waals surface area contributed by atoms with Gasteiger partial charge in [-0.3, -0.25) is 9.69 Å². The quantitative estimate of drug-likeness (QED) is 0.779. The number of aromatic amines is 1. The second kappa shape index (κ2) is 7.28. The normalized spacial score (nSPS) is 22.2. The van der Waals surface area contributed by atoms with Crippen LogP contribution in [0.3, 0.4) is 0 Å². The fourth-order valence-electron chi connectivity index (χ4n) is 4.54. The Hall–Kier alpha value is -2.07. The number of benzene rings is 1. The monoisotopic (exact) mass is 351 g/mol. The van der Waals surface area contributed by atoms with Crippen molar-refractivity contribution in [3.63, 3.8) is 0 Å². The molecule has 0 bridgehead atoms. The van der Waals surface area contributed by atoms with Crippen LogP contribution in [0.25, 0.3) is 16.5 Å². The van der Waals surface area contributed by atoms with Gasteiger partial charge in [0.25, 0.3) is 0 Å². The molecule has 0 saturated carbocycles. The van der Waals surface area contributed by atoms with E-state index in [2.05, 4.69) is 59.5 Å². The molecule has 1 aliphatic carbocycles. The van der Waals surface area contributed by atoms with Gasteiger partial charge in [0.15, 0.2) is 0 Å². The third-order valence-corrected chi connectivity index (χ3v) is 5.80. The number of fused-ring (bicyclic) bond motifs is 2. The van der Waals surface area contributed by atoms with Crippen LogP contribution in [0.15, 0.2) is 30.5 Å². The molecule has 2 unspecified atom stereocenters. The summed E-state index contributed by atoms with van der Waals surface area (Å²) in [6, 6.07) is 6.88. The Bertz CT molecular complexity index is 835. The number of carbonyl (C=O) groups excluding carboxylic acids is 1. The van der Waals surface area contributed by atoms with Gasteiger partial charge in [-0.2, -0.15) is 0 Å². The molecule has 2 aliphatic rings. The first-order valence-corrected chi connectivity index (χ1v) is 10.1. The van der Waals surface area contributed by atoms with E-state index in [0.717, 1.165) is 45.3 Å². The number of carbonyl (C=O) groups is 1. The highest BCUT2D eigenvalue weighted by atomic mass is 16.1. The molecule has 0 saturated heterocycles. The minimum absolute atomic E-state index is 0.0552. The Morgan fingerprint density at radius 2 is 2.19 bits per heavy atom. The summed E-state index contributed by atoms with van der Waals surface area (Å²) in [6.07, 6.45) is 8.71. The molecule has 0 radical (unpaired) electrons. The van der Waals surface area contributed by atoms with E-state index in [-0.39, 0.29) is 11.8 Å². The van der Waals surface area contributed by atoms with Crippen molar-refractivity contribution >= 4 is 22.4 Å². The lowest BCUT2D eigenvalue weighted by Crippen LogP contribution is -2.48. The van der Waals surface area contributed by atoms with Gasteiger partial charge in [-0.15, -0.1) is 0 Å². The van der Waals surface area contributed by atoms with E-state index >= 15 is 0 Å². The van der Waals surface area contributed by atoms with Gasteiger partial charge in [0.05, 0.1) is 5.92 Å². The number of nitrogens with one attached hydrogen (secondary N) is 2. The molecule has 0 fully saturated rings. The van der Waals surface area contributed by atoms with Crippen LogP contribution in [-0.2, 0) is 11.2 Å². The summed E-state index contributed by atoms with van der Waals surface area (Å²) in [5, 5.41) is 4.48. The van der Waals surface area contributed by atoms with Gasteiger partial charge in [0.1, 0.15) is 0 Å². The van der Waals surface area contributed by atoms with Crippen molar-refractivity contribution in [1.29, 1.82) is 0 Å². The number of nitrogens with zero attached hydrogens (tertiary/aromatic N) is 1. The first kappa shape index (κ1) is 17.3. The molecule has 138 valence electrons. The Morgan fingerprint density at radius 3 is 3.00 bits per heavy atom. The maximum absolute atomic E-state index is 12.7. The lowest BCUT2D eigenvalue weighted by molar-refractivity contribution is -0.124. The molecule has 1 aromatic carbocycles. The minimum Gasteiger partial charge on any atom is -0.361 e. The second-order valence-corrected chi connectivity index (χ2v) is 7.63. The molecule has 1 aliphatic heterocycles. The number of H-pyrrole nitrogens is 1. The SMILES string of the molecule is CCCCNC(=O)C1C=C2c3cccc4[nH]cc(c34)CC2N(CCC)C1. The Balaban J connectivity index is 1.70. The summed E-state index contributed by atoms with van der Waals surface area (Å²) in [5.41, 5.74) is 5.26. The summed E-state index contributed by atoms with van der Waals surface area (Å²) >= 11 is 0. The van der Waals surface area contributed by atoms with Gasteiger partial charge in [-0.1, -0.05) is 38.5 Å². The third kappa shape index (κ3) is 2.96. The summed E-state index contributed by atoms with van der Waals surface area (Å²) in [5.74, 6) is 0.123. The van der Waals surface area contributed by atoms with Crippen molar-refractivity contribution in [3.05, 3.63) is 41.6 Å². The molecule has 4 heteroatoms. The number of amides is 1. The fraction of sp³-hybridized carbons (Fsp3) is 0.500. The van der Waals surface area contributed by atoms with Crippen molar-refractivity contribution in [2.75, 3.05) is 19.6 Å². The minimum atomic E-state index is -0.0552. The number of hydrogen-bond acceptors (Lipinski definition) is 2. The van der Waals surface area contributed by atoms with E-state index in [0.29, 0.717) is 6.04 Å². The van der Waals surface area contributed by atoms with E-state index in [4.69, 9.17) is 0 Å². The fourth-order valence-corrected chi connectivity index (χ4v) is 4.54. The topological polar surface area (TPSA) is 48.1 Å². The van der Waals surface area contributed by atoms with Gasteiger partial charge in [-0.05, 0) is 48.6 Å². The molecule has 26 heavy (non-hydrogen) atoms. The average Bonchev–Trinajstić information content (AvgIpc) is 3.07. The molecule has 2 aromatic rings. The van der Waals surface area contributed by atoms with Crippen LogP contribution >= 0.6 is 0 Å². The van der Waals surface area contributed by atoms with Crippen LogP contribution in [-0.4, -0.2) is 41.5 Å². The highest BCUT2D eigenvalue weighted by molar-refractivity contribution is 5.99. The maximum Gasteiger partial charge on any atom is 0.228 e. The van der Waals surface area contributed by atoms with Crippen molar-refractivity contribution in [1.82, 2.24) is 15.2 Å². The van der Waals surface area contributed by atoms with Gasteiger partial charge in [-0.25, -0.2) is 0 Å². The predicted molar refractivity (Wildman–Crippen MR) is 107 cm³/mol. The van der Waals surface area contributed by atoms with Crippen molar-refractivity contribution in [2.45, 2.75) is 45.6 Å².